The summed E-state index contributed by atoms with van der Waals surface area (Å²) in [6, 6.07) is 0. The fraction of sp³-hybridized carbons (Fsp3) is 0.667. The third-order valence-corrected chi connectivity index (χ3v) is 3.89. The number of alkyl halides is 4. The van der Waals surface area contributed by atoms with Crippen molar-refractivity contribution >= 4 is 15.9 Å². The Bertz CT molecular complexity index is 354. The lowest BCUT2D eigenvalue weighted by Crippen LogP contribution is -2.13. The molecule has 0 aliphatic heterocycles. The zero-order chi connectivity index (χ0) is 11.1. The van der Waals surface area contributed by atoms with Crippen molar-refractivity contribution in [2.45, 2.75) is 25.6 Å². The van der Waals surface area contributed by atoms with Crippen molar-refractivity contribution in [3.05, 3.63) is 18.0 Å². The zero-order valence-corrected chi connectivity index (χ0v) is 9.48. The van der Waals surface area contributed by atoms with E-state index in [1.165, 1.54) is 4.68 Å². The molecule has 2 rings (SSSR count). The standard InChI is InChI=1S/C9H10BrF3N2/c10-5-8(1-2-8)6-15-4-7(3-14-15)9(11,12)13/h3-4H,1-2,5-6H2. The summed E-state index contributed by atoms with van der Waals surface area (Å²) in [4.78, 5) is 0. The summed E-state index contributed by atoms with van der Waals surface area (Å²) in [5.41, 5.74) is -0.539. The number of hydrogen-bond donors (Lipinski definition) is 0. The number of nitrogens with zero attached hydrogens (tertiary/aromatic N) is 2. The summed E-state index contributed by atoms with van der Waals surface area (Å²) in [5, 5.41) is 4.55. The van der Waals surface area contributed by atoms with Crippen LogP contribution in [0.25, 0.3) is 0 Å². The molecule has 1 aromatic rings. The molecule has 6 heteroatoms. The van der Waals surface area contributed by atoms with Crippen LogP contribution in [0.1, 0.15) is 18.4 Å². The minimum Gasteiger partial charge on any atom is -0.272 e. The molecule has 15 heavy (non-hydrogen) atoms. The molecule has 1 aliphatic rings. The van der Waals surface area contributed by atoms with Crippen molar-refractivity contribution in [1.29, 1.82) is 0 Å². The van der Waals surface area contributed by atoms with Crippen molar-refractivity contribution in [3.8, 4) is 0 Å². The molecule has 1 saturated carbocycles. The Morgan fingerprint density at radius 1 is 1.47 bits per heavy atom. The van der Waals surface area contributed by atoms with E-state index in [4.69, 9.17) is 0 Å². The topological polar surface area (TPSA) is 17.8 Å². The van der Waals surface area contributed by atoms with Gasteiger partial charge in [-0.3, -0.25) is 4.68 Å². The molecule has 0 spiro atoms. The van der Waals surface area contributed by atoms with Crippen LogP contribution in [0.5, 0.6) is 0 Å². The van der Waals surface area contributed by atoms with E-state index in [9.17, 15) is 13.2 Å². The molecule has 0 unspecified atom stereocenters. The first-order valence-corrected chi connectivity index (χ1v) is 5.73. The highest BCUT2D eigenvalue weighted by molar-refractivity contribution is 9.09. The van der Waals surface area contributed by atoms with Crippen molar-refractivity contribution in [3.63, 3.8) is 0 Å². The van der Waals surface area contributed by atoms with E-state index >= 15 is 0 Å². The molecule has 2 nitrogen and oxygen atoms in total. The lowest BCUT2D eigenvalue weighted by atomic mass is 10.1. The third kappa shape index (κ3) is 2.35. The molecule has 0 radical (unpaired) electrons. The summed E-state index contributed by atoms with van der Waals surface area (Å²) in [6.07, 6.45) is -0.227. The summed E-state index contributed by atoms with van der Waals surface area (Å²) >= 11 is 3.37. The van der Waals surface area contributed by atoms with E-state index in [1.54, 1.807) is 0 Å². The Balaban J connectivity index is 2.08. The zero-order valence-electron chi connectivity index (χ0n) is 7.89. The normalized spacial score (nSPS) is 19.2. The van der Waals surface area contributed by atoms with E-state index in [1.807, 2.05) is 0 Å². The molecular weight excluding hydrogens is 273 g/mol. The predicted octanol–water partition coefficient (Wildman–Crippen LogP) is 3.08. The van der Waals surface area contributed by atoms with Gasteiger partial charge in [-0.2, -0.15) is 18.3 Å². The van der Waals surface area contributed by atoms with Crippen LogP contribution >= 0.6 is 15.9 Å². The lowest BCUT2D eigenvalue weighted by molar-refractivity contribution is -0.137. The number of hydrogen-bond acceptors (Lipinski definition) is 1. The van der Waals surface area contributed by atoms with E-state index in [-0.39, 0.29) is 5.41 Å². The molecule has 1 heterocycles. The van der Waals surface area contributed by atoms with Gasteiger partial charge >= 0.3 is 6.18 Å². The van der Waals surface area contributed by atoms with Crippen molar-refractivity contribution in [2.75, 3.05) is 5.33 Å². The molecule has 1 aliphatic carbocycles. The summed E-state index contributed by atoms with van der Waals surface area (Å²) < 4.78 is 38.2. The van der Waals surface area contributed by atoms with Crippen LogP contribution in [0, 0.1) is 5.41 Å². The second kappa shape index (κ2) is 3.50. The molecule has 0 saturated heterocycles. The molecule has 1 aromatic heterocycles. The first-order valence-electron chi connectivity index (χ1n) is 4.61. The SMILES string of the molecule is FC(F)(F)c1cnn(CC2(CBr)CC2)c1. The van der Waals surface area contributed by atoms with E-state index in [0.29, 0.717) is 6.54 Å². The Morgan fingerprint density at radius 3 is 2.53 bits per heavy atom. The first-order chi connectivity index (χ1) is 6.95. The average Bonchev–Trinajstić information content (AvgIpc) is 2.73. The van der Waals surface area contributed by atoms with Crippen LogP contribution in [-0.2, 0) is 12.7 Å². The summed E-state index contributed by atoms with van der Waals surface area (Å²) in [6.45, 7) is 0.564. The number of aromatic nitrogens is 2. The smallest absolute Gasteiger partial charge is 0.272 e. The predicted molar refractivity (Wildman–Crippen MR) is 52.7 cm³/mol. The van der Waals surface area contributed by atoms with Gasteiger partial charge in [-0.25, -0.2) is 0 Å². The second-order valence-electron chi connectivity index (χ2n) is 4.06. The molecule has 1 fully saturated rings. The van der Waals surface area contributed by atoms with Crippen molar-refractivity contribution in [2.24, 2.45) is 5.41 Å². The highest BCUT2D eigenvalue weighted by Crippen LogP contribution is 2.48. The van der Waals surface area contributed by atoms with Crippen molar-refractivity contribution < 1.29 is 13.2 Å². The molecule has 84 valence electrons. The Hall–Kier alpha value is -0.520. The van der Waals surface area contributed by atoms with Gasteiger partial charge in [0.15, 0.2) is 0 Å². The summed E-state index contributed by atoms with van der Waals surface area (Å²) in [5.74, 6) is 0. The van der Waals surface area contributed by atoms with Gasteiger partial charge < -0.3 is 0 Å². The largest absolute Gasteiger partial charge is 0.419 e. The number of rotatable bonds is 3. The maximum atomic E-state index is 12.3. The van der Waals surface area contributed by atoms with Gasteiger partial charge in [0, 0.05) is 18.1 Å². The van der Waals surface area contributed by atoms with Gasteiger partial charge in [0.2, 0.25) is 0 Å². The molecular formula is C9H10BrF3N2. The molecule has 0 amide bonds. The van der Waals surface area contributed by atoms with Crippen LogP contribution in [0.2, 0.25) is 0 Å². The number of halogens is 4. The fourth-order valence-electron chi connectivity index (χ4n) is 1.45. The Morgan fingerprint density at radius 2 is 2.13 bits per heavy atom. The third-order valence-electron chi connectivity index (χ3n) is 2.70. The fourth-order valence-corrected chi connectivity index (χ4v) is 2.19. The van der Waals surface area contributed by atoms with Gasteiger partial charge in [-0.1, -0.05) is 15.9 Å². The molecule has 0 aromatic carbocycles. The van der Waals surface area contributed by atoms with Gasteiger partial charge in [-0.05, 0) is 18.3 Å². The van der Waals surface area contributed by atoms with Crippen LogP contribution in [0.15, 0.2) is 12.4 Å². The average molecular weight is 283 g/mol. The van der Waals surface area contributed by atoms with E-state index in [0.717, 1.165) is 30.6 Å². The maximum Gasteiger partial charge on any atom is 0.419 e. The van der Waals surface area contributed by atoms with Gasteiger partial charge in [0.05, 0.1) is 11.8 Å². The Labute approximate surface area is 93.6 Å². The van der Waals surface area contributed by atoms with Gasteiger partial charge in [0.25, 0.3) is 0 Å². The lowest BCUT2D eigenvalue weighted by Gasteiger charge is -2.10. The second-order valence-corrected chi connectivity index (χ2v) is 4.62. The highest BCUT2D eigenvalue weighted by Gasteiger charge is 2.42. The summed E-state index contributed by atoms with van der Waals surface area (Å²) in [7, 11) is 0. The van der Waals surface area contributed by atoms with Crippen molar-refractivity contribution in [1.82, 2.24) is 9.78 Å². The molecule has 0 atom stereocenters. The highest BCUT2D eigenvalue weighted by atomic mass is 79.9. The molecule has 0 bridgehead atoms. The van der Waals surface area contributed by atoms with Crippen LogP contribution in [0.4, 0.5) is 13.2 Å². The van der Waals surface area contributed by atoms with E-state index < -0.39 is 11.7 Å². The van der Waals surface area contributed by atoms with Crippen LogP contribution < -0.4 is 0 Å². The molecule has 0 N–H and O–H groups in total. The van der Waals surface area contributed by atoms with Crippen LogP contribution in [-0.4, -0.2) is 15.1 Å². The van der Waals surface area contributed by atoms with Crippen LogP contribution in [0.3, 0.4) is 0 Å². The Kier molecular flexibility index (Phi) is 2.56. The maximum absolute atomic E-state index is 12.3. The van der Waals surface area contributed by atoms with Gasteiger partial charge in [0.1, 0.15) is 0 Å². The quantitative estimate of drug-likeness (QED) is 0.779. The monoisotopic (exact) mass is 282 g/mol. The van der Waals surface area contributed by atoms with E-state index in [2.05, 4.69) is 21.0 Å². The minimum atomic E-state index is -4.29. The minimum absolute atomic E-state index is 0.134. The first kappa shape index (κ1) is 11.0. The van der Waals surface area contributed by atoms with Gasteiger partial charge in [-0.15, -0.1) is 0 Å².